The van der Waals surface area contributed by atoms with E-state index in [2.05, 4.69) is 0 Å². The number of carboxylic acid groups (broad SMARTS) is 1. The number of halogens is 5. The van der Waals surface area contributed by atoms with E-state index < -0.39 is 48.9 Å². The van der Waals surface area contributed by atoms with E-state index in [0.717, 1.165) is 4.90 Å². The van der Waals surface area contributed by atoms with Crippen molar-refractivity contribution in [1.29, 1.82) is 0 Å². The van der Waals surface area contributed by atoms with Crippen molar-refractivity contribution in [3.05, 3.63) is 33.8 Å². The van der Waals surface area contributed by atoms with Crippen molar-refractivity contribution in [2.45, 2.75) is 18.5 Å². The Bertz CT molecular complexity index is 725. The van der Waals surface area contributed by atoms with Crippen LogP contribution >= 0.6 is 23.2 Å². The maximum atomic E-state index is 13.0. The second kappa shape index (κ2) is 6.36. The summed E-state index contributed by atoms with van der Waals surface area (Å²) in [7, 11) is 0. The molecule has 1 aliphatic carbocycles. The van der Waals surface area contributed by atoms with Crippen LogP contribution < -0.4 is 0 Å². The minimum absolute atomic E-state index is 0.202. The zero-order valence-electron chi connectivity index (χ0n) is 12.8. The van der Waals surface area contributed by atoms with Crippen molar-refractivity contribution in [2.24, 2.45) is 17.8 Å². The molecule has 0 aromatic heterocycles. The molecule has 3 rings (SSSR count). The highest BCUT2D eigenvalue weighted by atomic mass is 35.5. The molecular weight excluding hydrogens is 382 g/mol. The van der Waals surface area contributed by atoms with Crippen LogP contribution in [0.25, 0.3) is 0 Å². The summed E-state index contributed by atoms with van der Waals surface area (Å²) < 4.78 is 39.1. The van der Waals surface area contributed by atoms with E-state index in [0.29, 0.717) is 22.0 Å². The molecule has 1 N–H and O–H groups in total. The van der Waals surface area contributed by atoms with E-state index in [1.165, 1.54) is 0 Å². The van der Waals surface area contributed by atoms with Crippen molar-refractivity contribution < 1.29 is 27.9 Å². The van der Waals surface area contributed by atoms with Crippen LogP contribution in [-0.2, 0) is 9.59 Å². The topological polar surface area (TPSA) is 57.6 Å². The molecule has 4 nitrogen and oxygen atoms in total. The number of carbonyl (C=O) groups is 2. The van der Waals surface area contributed by atoms with Gasteiger partial charge in [0.05, 0.1) is 21.9 Å². The molecule has 1 aromatic rings. The molecule has 25 heavy (non-hydrogen) atoms. The van der Waals surface area contributed by atoms with Gasteiger partial charge in [0.2, 0.25) is 5.91 Å². The van der Waals surface area contributed by atoms with Gasteiger partial charge in [-0.25, -0.2) is 0 Å². The molecule has 1 amide bonds. The van der Waals surface area contributed by atoms with Gasteiger partial charge < -0.3 is 10.0 Å². The first kappa shape index (κ1) is 18.3. The fourth-order valence-electron chi connectivity index (χ4n) is 3.42. The number of likely N-dealkylation sites (tertiary alicyclic amines) is 1. The first-order valence-electron chi connectivity index (χ1n) is 7.63. The Morgan fingerprint density at radius 3 is 2.40 bits per heavy atom. The third-order valence-corrected chi connectivity index (χ3v) is 5.69. The summed E-state index contributed by atoms with van der Waals surface area (Å²) in [4.78, 5) is 24.6. The van der Waals surface area contributed by atoms with Gasteiger partial charge in [0.15, 0.2) is 0 Å². The maximum absolute atomic E-state index is 13.0. The Balaban J connectivity index is 1.73. The fourth-order valence-corrected chi connectivity index (χ4v) is 3.87. The zero-order valence-corrected chi connectivity index (χ0v) is 14.3. The van der Waals surface area contributed by atoms with Gasteiger partial charge in [-0.2, -0.15) is 13.2 Å². The average Bonchev–Trinajstić information content (AvgIpc) is 3.15. The largest absolute Gasteiger partial charge is 0.481 e. The quantitative estimate of drug-likeness (QED) is 0.846. The van der Waals surface area contributed by atoms with Crippen molar-refractivity contribution >= 4 is 35.1 Å². The zero-order chi connectivity index (χ0) is 18.5. The number of hydrogen-bond donors (Lipinski definition) is 1. The SMILES string of the molecule is O=C(O)[C@@H]1CN(C(=O)C2CC2c2cccc(Cl)c2Cl)C[C@H]1C(F)(F)F. The lowest BCUT2D eigenvalue weighted by Crippen LogP contribution is -2.34. The lowest BCUT2D eigenvalue weighted by Gasteiger charge is -2.18. The van der Waals surface area contributed by atoms with Crippen molar-refractivity contribution in [3.8, 4) is 0 Å². The Morgan fingerprint density at radius 1 is 1.16 bits per heavy atom. The maximum Gasteiger partial charge on any atom is 0.394 e. The van der Waals surface area contributed by atoms with E-state index in [9.17, 15) is 22.8 Å². The smallest absolute Gasteiger partial charge is 0.394 e. The molecule has 0 bridgehead atoms. The van der Waals surface area contributed by atoms with Gasteiger partial charge in [-0.1, -0.05) is 35.3 Å². The van der Waals surface area contributed by atoms with E-state index in [1.807, 2.05) is 0 Å². The summed E-state index contributed by atoms with van der Waals surface area (Å²) >= 11 is 12.1. The van der Waals surface area contributed by atoms with Crippen molar-refractivity contribution in [2.75, 3.05) is 13.1 Å². The number of carbonyl (C=O) groups excluding carboxylic acids is 1. The van der Waals surface area contributed by atoms with Gasteiger partial charge in [-0.05, 0) is 24.0 Å². The summed E-state index contributed by atoms with van der Waals surface area (Å²) in [6, 6.07) is 5.03. The number of amides is 1. The summed E-state index contributed by atoms with van der Waals surface area (Å²) in [5.41, 5.74) is 0.689. The molecule has 0 spiro atoms. The molecule has 0 radical (unpaired) electrons. The Labute approximate surface area is 151 Å². The van der Waals surface area contributed by atoms with Gasteiger partial charge in [-0.3, -0.25) is 9.59 Å². The van der Waals surface area contributed by atoms with Gasteiger partial charge in [0, 0.05) is 19.0 Å². The molecule has 4 atom stereocenters. The normalized spacial score (nSPS) is 28.9. The number of carboxylic acids is 1. The molecule has 1 aliphatic heterocycles. The van der Waals surface area contributed by atoms with Crippen LogP contribution in [0, 0.1) is 17.8 Å². The molecular formula is C16H14Cl2F3NO3. The second-order valence-electron chi connectivity index (χ2n) is 6.43. The second-order valence-corrected chi connectivity index (χ2v) is 7.21. The average molecular weight is 396 g/mol. The van der Waals surface area contributed by atoms with Gasteiger partial charge >= 0.3 is 12.1 Å². The first-order valence-corrected chi connectivity index (χ1v) is 8.39. The van der Waals surface area contributed by atoms with E-state index in [-0.39, 0.29) is 5.92 Å². The number of rotatable bonds is 3. The van der Waals surface area contributed by atoms with Gasteiger partial charge in [-0.15, -0.1) is 0 Å². The third-order valence-electron chi connectivity index (χ3n) is 4.86. The molecule has 2 aliphatic rings. The molecule has 9 heteroatoms. The predicted molar refractivity (Wildman–Crippen MR) is 84.6 cm³/mol. The van der Waals surface area contributed by atoms with Crippen LogP contribution in [-0.4, -0.2) is 41.1 Å². The molecule has 1 heterocycles. The Hall–Kier alpha value is -1.47. The highest BCUT2D eigenvalue weighted by Gasteiger charge is 2.56. The Morgan fingerprint density at radius 2 is 1.84 bits per heavy atom. The number of benzene rings is 1. The fraction of sp³-hybridized carbons (Fsp3) is 0.500. The minimum Gasteiger partial charge on any atom is -0.481 e. The van der Waals surface area contributed by atoms with Crippen LogP contribution in [0.3, 0.4) is 0 Å². The number of aliphatic carboxylic acids is 1. The molecule has 1 saturated carbocycles. The predicted octanol–water partition coefficient (Wildman–Crippen LogP) is 3.82. The van der Waals surface area contributed by atoms with Gasteiger partial charge in [0.1, 0.15) is 0 Å². The summed E-state index contributed by atoms with van der Waals surface area (Å²) in [5.74, 6) is -6.36. The van der Waals surface area contributed by atoms with E-state index >= 15 is 0 Å². The van der Waals surface area contributed by atoms with Crippen molar-refractivity contribution in [1.82, 2.24) is 4.90 Å². The van der Waals surface area contributed by atoms with E-state index in [1.54, 1.807) is 18.2 Å². The monoisotopic (exact) mass is 395 g/mol. The standard InChI is InChI=1S/C16H14Cl2F3NO3/c17-12-3-1-2-7(13(12)18)8-4-9(8)14(23)22-5-10(15(24)25)11(6-22)16(19,20)21/h1-3,8-11H,4-6H2,(H,24,25)/t8?,9?,10-,11-/m1/s1. The number of nitrogens with zero attached hydrogens (tertiary/aromatic N) is 1. The Kier molecular flexibility index (Phi) is 4.66. The molecule has 2 unspecified atom stereocenters. The van der Waals surface area contributed by atoms with Crippen LogP contribution in [0.1, 0.15) is 17.9 Å². The van der Waals surface area contributed by atoms with Crippen LogP contribution in [0.5, 0.6) is 0 Å². The lowest BCUT2D eigenvalue weighted by molar-refractivity contribution is -0.188. The minimum atomic E-state index is -4.66. The highest BCUT2D eigenvalue weighted by molar-refractivity contribution is 6.42. The first-order chi connectivity index (χ1) is 11.6. The molecule has 1 aromatic carbocycles. The number of hydrogen-bond acceptors (Lipinski definition) is 2. The summed E-state index contributed by atoms with van der Waals surface area (Å²) in [6.45, 7) is -1.05. The summed E-state index contributed by atoms with van der Waals surface area (Å²) in [6.07, 6.45) is -4.19. The molecule has 2 fully saturated rings. The van der Waals surface area contributed by atoms with Crippen LogP contribution in [0.15, 0.2) is 18.2 Å². The van der Waals surface area contributed by atoms with Crippen molar-refractivity contribution in [3.63, 3.8) is 0 Å². The van der Waals surface area contributed by atoms with Gasteiger partial charge in [0.25, 0.3) is 0 Å². The highest BCUT2D eigenvalue weighted by Crippen LogP contribution is 2.52. The molecule has 136 valence electrons. The third kappa shape index (κ3) is 3.44. The molecule has 1 saturated heterocycles. The van der Waals surface area contributed by atoms with Crippen LogP contribution in [0.4, 0.5) is 13.2 Å². The van der Waals surface area contributed by atoms with Crippen LogP contribution in [0.2, 0.25) is 10.0 Å². The number of alkyl halides is 3. The summed E-state index contributed by atoms with van der Waals surface area (Å²) in [5, 5.41) is 9.71. The lowest BCUT2D eigenvalue weighted by atomic mass is 9.96. The van der Waals surface area contributed by atoms with E-state index in [4.69, 9.17) is 28.3 Å².